The van der Waals surface area contributed by atoms with Crippen LogP contribution in [0, 0.1) is 27.4 Å². The molecule has 1 aliphatic rings. The second-order valence-corrected chi connectivity index (χ2v) is 6.59. The second-order valence-electron chi connectivity index (χ2n) is 5.58. The molecule has 1 aromatic carbocycles. The lowest BCUT2D eigenvalue weighted by Crippen LogP contribution is -2.16. The molecule has 21 heavy (non-hydrogen) atoms. The van der Waals surface area contributed by atoms with Crippen molar-refractivity contribution in [3.63, 3.8) is 0 Å². The number of anilines is 1. The number of carbonyl (C=O) groups excluding carboxylic acids is 1. The van der Waals surface area contributed by atoms with Gasteiger partial charge in [-0.15, -0.1) is 0 Å². The van der Waals surface area contributed by atoms with Gasteiger partial charge in [-0.25, -0.2) is 0 Å². The summed E-state index contributed by atoms with van der Waals surface area (Å²) in [5, 5.41) is 13.4. The summed E-state index contributed by atoms with van der Waals surface area (Å²) >= 11 is 11.3. The van der Waals surface area contributed by atoms with Crippen LogP contribution in [-0.4, -0.2) is 10.8 Å². The van der Waals surface area contributed by atoms with Crippen molar-refractivity contribution in [1.29, 1.82) is 0 Å². The molecule has 1 fully saturated rings. The molecule has 0 heterocycles. The fourth-order valence-corrected chi connectivity index (χ4v) is 2.81. The van der Waals surface area contributed by atoms with Gasteiger partial charge in [-0.3, -0.25) is 14.9 Å². The Hall–Kier alpha value is -1.59. The third kappa shape index (κ3) is 3.36. The SMILES string of the molecule is CC1(C)[C@@H](C=C(Cl)Cl)[C@@H]1C(=O)Nc1cccc([N+](=O)[O-])c1. The molecule has 0 saturated heterocycles. The fraction of sp³-hybridized carbons (Fsp3) is 0.357. The van der Waals surface area contributed by atoms with E-state index in [0.29, 0.717) is 5.69 Å². The van der Waals surface area contributed by atoms with Crippen LogP contribution < -0.4 is 5.32 Å². The molecule has 0 spiro atoms. The molecule has 0 bridgehead atoms. The third-order valence-corrected chi connectivity index (χ3v) is 4.08. The molecule has 1 saturated carbocycles. The Kier molecular flexibility index (Phi) is 4.25. The van der Waals surface area contributed by atoms with Crippen LogP contribution in [0.2, 0.25) is 0 Å². The van der Waals surface area contributed by atoms with Gasteiger partial charge in [-0.05, 0) is 23.5 Å². The normalized spacial score (nSPS) is 22.3. The maximum Gasteiger partial charge on any atom is 0.271 e. The van der Waals surface area contributed by atoms with E-state index in [9.17, 15) is 14.9 Å². The van der Waals surface area contributed by atoms with Crippen molar-refractivity contribution in [2.75, 3.05) is 5.32 Å². The van der Waals surface area contributed by atoms with Gasteiger partial charge < -0.3 is 5.32 Å². The van der Waals surface area contributed by atoms with E-state index in [4.69, 9.17) is 23.2 Å². The first kappa shape index (κ1) is 15.8. The van der Waals surface area contributed by atoms with Gasteiger partial charge in [0.25, 0.3) is 5.69 Å². The molecule has 1 amide bonds. The number of allylic oxidation sites excluding steroid dienone is 1. The molecule has 5 nitrogen and oxygen atoms in total. The smallest absolute Gasteiger partial charge is 0.271 e. The summed E-state index contributed by atoms with van der Waals surface area (Å²) in [7, 11) is 0. The van der Waals surface area contributed by atoms with Gasteiger partial charge in [0.1, 0.15) is 4.49 Å². The highest BCUT2D eigenvalue weighted by Gasteiger charge is 2.60. The maximum atomic E-state index is 12.3. The molecule has 0 aliphatic heterocycles. The Labute approximate surface area is 132 Å². The van der Waals surface area contributed by atoms with E-state index >= 15 is 0 Å². The summed E-state index contributed by atoms with van der Waals surface area (Å²) in [6, 6.07) is 5.83. The zero-order valence-electron chi connectivity index (χ0n) is 11.5. The van der Waals surface area contributed by atoms with Crippen molar-refractivity contribution in [3.05, 3.63) is 44.9 Å². The molecule has 7 heteroatoms. The van der Waals surface area contributed by atoms with E-state index < -0.39 is 4.92 Å². The molecule has 2 rings (SSSR count). The van der Waals surface area contributed by atoms with Crippen LogP contribution in [-0.2, 0) is 4.79 Å². The molecule has 1 aliphatic carbocycles. The maximum absolute atomic E-state index is 12.3. The zero-order chi connectivity index (χ0) is 15.8. The van der Waals surface area contributed by atoms with E-state index in [-0.39, 0.29) is 33.3 Å². The van der Waals surface area contributed by atoms with Crippen LogP contribution in [0.5, 0.6) is 0 Å². The number of nitrogens with one attached hydrogen (secondary N) is 1. The van der Waals surface area contributed by atoms with Crippen LogP contribution >= 0.6 is 23.2 Å². The van der Waals surface area contributed by atoms with Crippen molar-refractivity contribution in [2.45, 2.75) is 13.8 Å². The highest BCUT2D eigenvalue weighted by molar-refractivity contribution is 6.55. The summed E-state index contributed by atoms with van der Waals surface area (Å²) < 4.78 is 0.138. The summed E-state index contributed by atoms with van der Waals surface area (Å²) in [5.74, 6) is -0.498. The summed E-state index contributed by atoms with van der Waals surface area (Å²) in [6.45, 7) is 3.89. The van der Waals surface area contributed by atoms with Gasteiger partial charge in [0.2, 0.25) is 5.91 Å². The predicted octanol–water partition coefficient (Wildman–Crippen LogP) is 4.12. The molecule has 0 unspecified atom stereocenters. The van der Waals surface area contributed by atoms with Crippen molar-refractivity contribution in [3.8, 4) is 0 Å². The first-order valence-corrected chi connectivity index (χ1v) is 7.07. The molecule has 112 valence electrons. The molecule has 1 aromatic rings. The minimum Gasteiger partial charge on any atom is -0.326 e. The number of halogens is 2. The van der Waals surface area contributed by atoms with Crippen LogP contribution in [0.1, 0.15) is 13.8 Å². The topological polar surface area (TPSA) is 72.2 Å². The Balaban J connectivity index is 2.11. The lowest BCUT2D eigenvalue weighted by Gasteiger charge is -2.05. The van der Waals surface area contributed by atoms with E-state index in [2.05, 4.69) is 5.32 Å². The van der Waals surface area contributed by atoms with E-state index in [1.54, 1.807) is 12.1 Å². The molecular weight excluding hydrogens is 315 g/mol. The monoisotopic (exact) mass is 328 g/mol. The fourth-order valence-electron chi connectivity index (χ4n) is 2.54. The first-order chi connectivity index (χ1) is 9.73. The van der Waals surface area contributed by atoms with E-state index in [1.807, 2.05) is 13.8 Å². The third-order valence-electron chi connectivity index (χ3n) is 3.82. The number of carbonyl (C=O) groups is 1. The van der Waals surface area contributed by atoms with Crippen LogP contribution in [0.3, 0.4) is 0 Å². The number of hydrogen-bond donors (Lipinski definition) is 1. The zero-order valence-corrected chi connectivity index (χ0v) is 13.0. The highest BCUT2D eigenvalue weighted by Crippen LogP contribution is 2.60. The lowest BCUT2D eigenvalue weighted by atomic mass is 10.1. The lowest BCUT2D eigenvalue weighted by molar-refractivity contribution is -0.384. The minimum atomic E-state index is -0.504. The van der Waals surface area contributed by atoms with Gasteiger partial charge in [-0.2, -0.15) is 0 Å². The number of hydrogen-bond acceptors (Lipinski definition) is 3. The number of nitro benzene ring substituents is 1. The minimum absolute atomic E-state index is 0.0406. The van der Waals surface area contributed by atoms with Crippen LogP contribution in [0.4, 0.5) is 11.4 Å². The van der Waals surface area contributed by atoms with Crippen molar-refractivity contribution >= 4 is 40.5 Å². The van der Waals surface area contributed by atoms with Gasteiger partial charge in [-0.1, -0.05) is 43.1 Å². The van der Waals surface area contributed by atoms with Crippen LogP contribution in [0.15, 0.2) is 34.8 Å². The highest BCUT2D eigenvalue weighted by atomic mass is 35.5. The average molecular weight is 329 g/mol. The van der Waals surface area contributed by atoms with E-state index in [1.165, 1.54) is 18.2 Å². The number of rotatable bonds is 4. The Morgan fingerprint density at radius 1 is 1.43 bits per heavy atom. The van der Waals surface area contributed by atoms with Gasteiger partial charge in [0.15, 0.2) is 0 Å². The summed E-state index contributed by atoms with van der Waals surface area (Å²) in [6.07, 6.45) is 1.65. The molecule has 2 atom stereocenters. The summed E-state index contributed by atoms with van der Waals surface area (Å²) in [5.41, 5.74) is 0.0968. The quantitative estimate of drug-likeness (QED) is 0.667. The molecule has 0 radical (unpaired) electrons. The Morgan fingerprint density at radius 3 is 2.67 bits per heavy atom. The Bertz CT molecular complexity index is 624. The number of benzene rings is 1. The molecule has 1 N–H and O–H groups in total. The number of nitrogens with zero attached hydrogens (tertiary/aromatic N) is 1. The number of non-ortho nitro benzene ring substituents is 1. The standard InChI is InChI=1S/C14H14Cl2N2O3/c1-14(2)10(7-11(15)16)12(14)13(19)17-8-4-3-5-9(6-8)18(20)21/h3-7,10,12H,1-2H3,(H,17,19)/t10-,12+/m0/s1. The van der Waals surface area contributed by atoms with Gasteiger partial charge >= 0.3 is 0 Å². The van der Waals surface area contributed by atoms with Gasteiger partial charge in [0, 0.05) is 17.8 Å². The van der Waals surface area contributed by atoms with Crippen molar-refractivity contribution < 1.29 is 9.72 Å². The first-order valence-electron chi connectivity index (χ1n) is 6.31. The number of amides is 1. The van der Waals surface area contributed by atoms with Crippen molar-refractivity contribution in [1.82, 2.24) is 0 Å². The molecular formula is C14H14Cl2N2O3. The summed E-state index contributed by atoms with van der Waals surface area (Å²) in [4.78, 5) is 22.5. The Morgan fingerprint density at radius 2 is 2.10 bits per heavy atom. The predicted molar refractivity (Wildman–Crippen MR) is 82.3 cm³/mol. The second kappa shape index (κ2) is 5.66. The van der Waals surface area contributed by atoms with Gasteiger partial charge in [0.05, 0.1) is 10.8 Å². The van der Waals surface area contributed by atoms with E-state index in [0.717, 1.165) is 0 Å². The largest absolute Gasteiger partial charge is 0.326 e. The molecule has 0 aromatic heterocycles. The van der Waals surface area contributed by atoms with Crippen LogP contribution in [0.25, 0.3) is 0 Å². The average Bonchev–Trinajstić information content (AvgIpc) is 2.90. The number of nitro groups is 1. The van der Waals surface area contributed by atoms with Crippen molar-refractivity contribution in [2.24, 2.45) is 17.3 Å².